The molecule has 0 unspecified atom stereocenters. The van der Waals surface area contributed by atoms with Gasteiger partial charge in [-0.2, -0.15) is 0 Å². The highest BCUT2D eigenvalue weighted by molar-refractivity contribution is 5.39. The largest absolute Gasteiger partial charge is 0.493 e. The Morgan fingerprint density at radius 3 is 2.78 bits per heavy atom. The molecule has 0 aromatic heterocycles. The zero-order valence-corrected chi connectivity index (χ0v) is 11.3. The first kappa shape index (κ1) is 13.4. The molecular weight excluding hydrogens is 224 g/mol. The monoisotopic (exact) mass is 248 g/mol. The number of rotatable bonds is 8. The molecule has 0 saturated heterocycles. The van der Waals surface area contributed by atoms with E-state index < -0.39 is 0 Å². The Hall–Kier alpha value is -1.02. The number of unbranched alkanes of at least 4 members (excludes halogenated alkanes) is 3. The van der Waals surface area contributed by atoms with Crippen LogP contribution in [0.1, 0.15) is 50.5 Å². The third-order valence-electron chi connectivity index (χ3n) is 3.73. The number of aliphatic hydroxyl groups excluding tert-OH is 1. The summed E-state index contributed by atoms with van der Waals surface area (Å²) in [4.78, 5) is 0. The van der Waals surface area contributed by atoms with E-state index in [0.29, 0.717) is 18.4 Å². The van der Waals surface area contributed by atoms with E-state index in [0.717, 1.165) is 25.2 Å². The predicted molar refractivity (Wildman–Crippen MR) is 74.0 cm³/mol. The fraction of sp³-hybridized carbons (Fsp3) is 0.625. The first-order valence-corrected chi connectivity index (χ1v) is 7.19. The number of benzene rings is 1. The number of para-hydroxylation sites is 1. The summed E-state index contributed by atoms with van der Waals surface area (Å²) in [5, 5.41) is 9.16. The van der Waals surface area contributed by atoms with Crippen LogP contribution in [0.4, 0.5) is 0 Å². The van der Waals surface area contributed by atoms with Crippen LogP contribution in [0.5, 0.6) is 5.75 Å². The number of hydrogen-bond donors (Lipinski definition) is 1. The third-order valence-corrected chi connectivity index (χ3v) is 3.73. The molecule has 1 saturated carbocycles. The van der Waals surface area contributed by atoms with Gasteiger partial charge < -0.3 is 9.84 Å². The quantitative estimate of drug-likeness (QED) is 0.710. The van der Waals surface area contributed by atoms with E-state index in [1.54, 1.807) is 0 Å². The molecule has 1 N–H and O–H groups in total. The Morgan fingerprint density at radius 1 is 1.22 bits per heavy atom. The van der Waals surface area contributed by atoms with Gasteiger partial charge in [-0.3, -0.25) is 0 Å². The van der Waals surface area contributed by atoms with E-state index in [9.17, 15) is 0 Å². The van der Waals surface area contributed by atoms with Crippen LogP contribution in [0.3, 0.4) is 0 Å². The van der Waals surface area contributed by atoms with Gasteiger partial charge in [0.1, 0.15) is 5.75 Å². The Bertz CT molecular complexity index is 362. The lowest BCUT2D eigenvalue weighted by molar-refractivity contribution is 0.272. The molecular formula is C16H24O2. The molecule has 1 aromatic rings. The van der Waals surface area contributed by atoms with E-state index in [1.165, 1.54) is 24.8 Å². The fourth-order valence-electron chi connectivity index (χ4n) is 2.46. The molecule has 2 rings (SSSR count). The van der Waals surface area contributed by atoms with Crippen LogP contribution in [-0.2, 0) is 0 Å². The molecule has 18 heavy (non-hydrogen) atoms. The molecule has 0 bridgehead atoms. The normalized spacial score (nSPS) is 21.9. The van der Waals surface area contributed by atoms with Crippen LogP contribution >= 0.6 is 0 Å². The van der Waals surface area contributed by atoms with Gasteiger partial charge in [0, 0.05) is 6.61 Å². The van der Waals surface area contributed by atoms with Crippen LogP contribution in [0.2, 0.25) is 0 Å². The summed E-state index contributed by atoms with van der Waals surface area (Å²) in [6, 6.07) is 8.29. The van der Waals surface area contributed by atoms with Crippen LogP contribution in [0, 0.1) is 5.92 Å². The highest BCUT2D eigenvalue weighted by Gasteiger charge is 2.39. The van der Waals surface area contributed by atoms with Crippen molar-refractivity contribution in [3.05, 3.63) is 29.8 Å². The second-order valence-electron chi connectivity index (χ2n) is 5.23. The number of aliphatic hydroxyl groups is 1. The van der Waals surface area contributed by atoms with Gasteiger partial charge >= 0.3 is 0 Å². The van der Waals surface area contributed by atoms with Crippen molar-refractivity contribution < 1.29 is 9.84 Å². The first-order chi connectivity index (χ1) is 8.86. The van der Waals surface area contributed by atoms with Crippen molar-refractivity contribution in [2.75, 3.05) is 13.2 Å². The minimum atomic E-state index is 0.301. The van der Waals surface area contributed by atoms with Crippen LogP contribution < -0.4 is 4.74 Å². The van der Waals surface area contributed by atoms with Crippen LogP contribution in [0.25, 0.3) is 0 Å². The zero-order chi connectivity index (χ0) is 12.8. The van der Waals surface area contributed by atoms with Crippen molar-refractivity contribution in [3.8, 4) is 5.75 Å². The molecule has 2 nitrogen and oxygen atoms in total. The lowest BCUT2D eigenvalue weighted by atomic mass is 10.1. The lowest BCUT2D eigenvalue weighted by Crippen LogP contribution is -2.00. The van der Waals surface area contributed by atoms with E-state index in [-0.39, 0.29) is 0 Å². The summed E-state index contributed by atoms with van der Waals surface area (Å²) < 4.78 is 5.90. The second kappa shape index (κ2) is 6.79. The van der Waals surface area contributed by atoms with E-state index in [4.69, 9.17) is 9.84 Å². The summed E-state index contributed by atoms with van der Waals surface area (Å²) in [5.41, 5.74) is 1.28. The van der Waals surface area contributed by atoms with Gasteiger partial charge in [0.25, 0.3) is 0 Å². The van der Waals surface area contributed by atoms with Crippen molar-refractivity contribution in [1.29, 1.82) is 0 Å². The Labute approximate surface area is 110 Å². The minimum absolute atomic E-state index is 0.301. The maximum atomic E-state index is 9.16. The van der Waals surface area contributed by atoms with Crippen molar-refractivity contribution in [1.82, 2.24) is 0 Å². The summed E-state index contributed by atoms with van der Waals surface area (Å²) in [5.74, 6) is 1.99. The van der Waals surface area contributed by atoms with E-state index in [1.807, 2.05) is 6.07 Å². The Kier molecular flexibility index (Phi) is 5.06. The molecule has 1 aromatic carbocycles. The van der Waals surface area contributed by atoms with Gasteiger partial charge in [-0.25, -0.2) is 0 Å². The van der Waals surface area contributed by atoms with Gasteiger partial charge in [0.15, 0.2) is 0 Å². The SMILES string of the molecule is CCCCCCOc1ccccc1[C@H]1C[C@@H]1CO. The number of hydrogen-bond acceptors (Lipinski definition) is 2. The molecule has 0 amide bonds. The van der Waals surface area contributed by atoms with Gasteiger partial charge in [-0.05, 0) is 36.3 Å². The van der Waals surface area contributed by atoms with Gasteiger partial charge in [-0.1, -0.05) is 44.4 Å². The van der Waals surface area contributed by atoms with Gasteiger partial charge in [0.2, 0.25) is 0 Å². The molecule has 2 heteroatoms. The summed E-state index contributed by atoms with van der Waals surface area (Å²) in [6.07, 6.45) is 6.04. The highest BCUT2D eigenvalue weighted by Crippen LogP contribution is 2.49. The molecule has 1 aliphatic carbocycles. The molecule has 1 aliphatic rings. The maximum Gasteiger partial charge on any atom is 0.122 e. The molecule has 100 valence electrons. The lowest BCUT2D eigenvalue weighted by Gasteiger charge is -2.11. The zero-order valence-electron chi connectivity index (χ0n) is 11.3. The molecule has 0 aliphatic heterocycles. The number of ether oxygens (including phenoxy) is 1. The average Bonchev–Trinajstić information content (AvgIpc) is 3.18. The average molecular weight is 248 g/mol. The summed E-state index contributed by atoms with van der Waals surface area (Å²) in [6.45, 7) is 3.33. The van der Waals surface area contributed by atoms with Crippen LogP contribution in [-0.4, -0.2) is 18.3 Å². The summed E-state index contributed by atoms with van der Waals surface area (Å²) >= 11 is 0. The smallest absolute Gasteiger partial charge is 0.122 e. The molecule has 0 spiro atoms. The Morgan fingerprint density at radius 2 is 2.06 bits per heavy atom. The topological polar surface area (TPSA) is 29.5 Å². The van der Waals surface area contributed by atoms with Crippen molar-refractivity contribution in [3.63, 3.8) is 0 Å². The molecule has 1 fully saturated rings. The van der Waals surface area contributed by atoms with E-state index >= 15 is 0 Å². The predicted octanol–water partition coefficient (Wildman–Crippen LogP) is 3.74. The third kappa shape index (κ3) is 3.49. The summed E-state index contributed by atoms with van der Waals surface area (Å²) in [7, 11) is 0. The standard InChI is InChI=1S/C16H24O2/c1-2-3-4-7-10-18-16-9-6-5-8-14(16)15-11-13(15)12-17/h5-6,8-9,13,15,17H,2-4,7,10-12H2,1H3/t13-,15+/m1/s1. The van der Waals surface area contributed by atoms with Gasteiger partial charge in [-0.15, -0.1) is 0 Å². The molecule has 0 radical (unpaired) electrons. The van der Waals surface area contributed by atoms with Crippen molar-refractivity contribution in [2.24, 2.45) is 5.92 Å². The Balaban J connectivity index is 1.84. The van der Waals surface area contributed by atoms with Crippen molar-refractivity contribution in [2.45, 2.75) is 44.9 Å². The van der Waals surface area contributed by atoms with Crippen molar-refractivity contribution >= 4 is 0 Å². The minimum Gasteiger partial charge on any atom is -0.493 e. The second-order valence-corrected chi connectivity index (χ2v) is 5.23. The van der Waals surface area contributed by atoms with Crippen LogP contribution in [0.15, 0.2) is 24.3 Å². The maximum absolute atomic E-state index is 9.16. The fourth-order valence-corrected chi connectivity index (χ4v) is 2.46. The van der Waals surface area contributed by atoms with Gasteiger partial charge in [0.05, 0.1) is 6.61 Å². The first-order valence-electron chi connectivity index (χ1n) is 7.19. The molecule has 2 atom stereocenters. The highest BCUT2D eigenvalue weighted by atomic mass is 16.5. The van der Waals surface area contributed by atoms with E-state index in [2.05, 4.69) is 25.1 Å². The molecule has 0 heterocycles.